The maximum atomic E-state index is 15.4. The van der Waals surface area contributed by atoms with Crippen molar-refractivity contribution >= 4 is 31.5 Å². The summed E-state index contributed by atoms with van der Waals surface area (Å²) in [5.41, 5.74) is -2.43. The van der Waals surface area contributed by atoms with Gasteiger partial charge in [-0.05, 0) is 62.1 Å². The molecular formula is C20H17ClF7NO4S2. The van der Waals surface area contributed by atoms with E-state index in [0.29, 0.717) is 30.3 Å². The van der Waals surface area contributed by atoms with Crippen LogP contribution in [0.2, 0.25) is 5.02 Å². The van der Waals surface area contributed by atoms with Crippen molar-refractivity contribution in [1.82, 2.24) is 4.72 Å². The normalized spacial score (nSPS) is 22.2. The maximum Gasteiger partial charge on any atom is 0.416 e. The van der Waals surface area contributed by atoms with Crippen molar-refractivity contribution in [2.24, 2.45) is 0 Å². The molecule has 0 heterocycles. The highest BCUT2D eigenvalue weighted by Crippen LogP contribution is 2.42. The molecule has 0 unspecified atom stereocenters. The van der Waals surface area contributed by atoms with Gasteiger partial charge >= 0.3 is 12.4 Å². The molecule has 35 heavy (non-hydrogen) atoms. The van der Waals surface area contributed by atoms with Crippen LogP contribution in [0.4, 0.5) is 30.7 Å². The molecule has 15 heteroatoms. The molecule has 0 spiro atoms. The number of hydrogen-bond acceptors (Lipinski definition) is 4. The third-order valence-electron chi connectivity index (χ3n) is 5.56. The van der Waals surface area contributed by atoms with Crippen LogP contribution in [0.1, 0.15) is 36.8 Å². The molecule has 0 radical (unpaired) electrons. The Morgan fingerprint density at radius 1 is 0.857 bits per heavy atom. The van der Waals surface area contributed by atoms with E-state index in [-0.39, 0.29) is 12.8 Å². The molecule has 0 amide bonds. The highest BCUT2D eigenvalue weighted by molar-refractivity contribution is 7.92. The summed E-state index contributed by atoms with van der Waals surface area (Å²) in [6, 6.07) is 3.29. The topological polar surface area (TPSA) is 80.3 Å². The Morgan fingerprint density at radius 3 is 1.91 bits per heavy atom. The lowest BCUT2D eigenvalue weighted by molar-refractivity contribution is -0.138. The Balaban J connectivity index is 1.76. The van der Waals surface area contributed by atoms with Gasteiger partial charge in [0.05, 0.1) is 21.0 Å². The average molecular weight is 568 g/mol. The Labute approximate surface area is 201 Å². The van der Waals surface area contributed by atoms with Crippen molar-refractivity contribution in [3.05, 3.63) is 58.6 Å². The molecular weight excluding hydrogens is 551 g/mol. The minimum atomic E-state index is -4.86. The highest BCUT2D eigenvalue weighted by atomic mass is 35.5. The van der Waals surface area contributed by atoms with E-state index in [4.69, 9.17) is 11.6 Å². The monoisotopic (exact) mass is 567 g/mol. The molecule has 0 atom stereocenters. The van der Waals surface area contributed by atoms with Gasteiger partial charge in [0.1, 0.15) is 4.90 Å². The minimum Gasteiger partial charge on any atom is -0.226 e. The van der Waals surface area contributed by atoms with Crippen LogP contribution in [0.3, 0.4) is 0 Å². The van der Waals surface area contributed by atoms with E-state index in [9.17, 15) is 43.2 Å². The van der Waals surface area contributed by atoms with Gasteiger partial charge < -0.3 is 0 Å². The van der Waals surface area contributed by atoms with Crippen molar-refractivity contribution in [2.75, 3.05) is 0 Å². The number of rotatable bonds is 5. The van der Waals surface area contributed by atoms with E-state index in [1.807, 2.05) is 0 Å². The van der Waals surface area contributed by atoms with Gasteiger partial charge in [-0.25, -0.2) is 25.9 Å². The molecule has 1 aliphatic carbocycles. The van der Waals surface area contributed by atoms with Gasteiger partial charge in [0.15, 0.2) is 0 Å². The van der Waals surface area contributed by atoms with Crippen LogP contribution in [0.5, 0.6) is 0 Å². The summed E-state index contributed by atoms with van der Waals surface area (Å²) in [6.45, 7) is 0. The number of sulfonamides is 1. The first-order valence-electron chi connectivity index (χ1n) is 9.87. The first-order chi connectivity index (χ1) is 15.9. The fourth-order valence-corrected chi connectivity index (χ4v) is 7.25. The Kier molecular flexibility index (Phi) is 7.27. The fourth-order valence-electron chi connectivity index (χ4n) is 3.66. The molecule has 0 aliphatic heterocycles. The van der Waals surface area contributed by atoms with Crippen LogP contribution in [0.15, 0.2) is 52.3 Å². The second kappa shape index (κ2) is 9.20. The summed E-state index contributed by atoms with van der Waals surface area (Å²) in [5.74, 6) is 0. The Hall–Kier alpha value is -1.90. The zero-order valence-electron chi connectivity index (χ0n) is 17.4. The van der Waals surface area contributed by atoms with Crippen molar-refractivity contribution in [1.29, 1.82) is 0 Å². The summed E-state index contributed by atoms with van der Waals surface area (Å²) < 4.78 is 145. The molecule has 0 aromatic heterocycles. The number of nitrogens with one attached hydrogen (secondary N) is 1. The molecule has 2 aromatic rings. The summed E-state index contributed by atoms with van der Waals surface area (Å²) in [7, 11) is -9.31. The van der Waals surface area contributed by atoms with Gasteiger partial charge in [-0.1, -0.05) is 17.7 Å². The molecule has 0 saturated heterocycles. The number of halogens is 8. The fraction of sp³-hybridized carbons (Fsp3) is 0.400. The van der Waals surface area contributed by atoms with Crippen LogP contribution in [-0.2, 0) is 32.2 Å². The zero-order valence-corrected chi connectivity index (χ0v) is 19.8. The smallest absolute Gasteiger partial charge is 0.226 e. The van der Waals surface area contributed by atoms with Gasteiger partial charge in [-0.2, -0.15) is 26.3 Å². The van der Waals surface area contributed by atoms with Gasteiger partial charge in [0, 0.05) is 6.04 Å². The van der Waals surface area contributed by atoms with E-state index < -0.39 is 82.0 Å². The summed E-state index contributed by atoms with van der Waals surface area (Å²) in [5, 5.41) is -3.64. The molecule has 1 N–H and O–H groups in total. The largest absolute Gasteiger partial charge is 0.416 e. The van der Waals surface area contributed by atoms with E-state index in [1.165, 1.54) is 0 Å². The van der Waals surface area contributed by atoms with Gasteiger partial charge in [-0.15, -0.1) is 0 Å². The van der Waals surface area contributed by atoms with Crippen molar-refractivity contribution in [2.45, 2.75) is 58.9 Å². The molecule has 3 rings (SSSR count). The van der Waals surface area contributed by atoms with Crippen LogP contribution in [0, 0.1) is 0 Å². The maximum absolute atomic E-state index is 15.4. The summed E-state index contributed by atoms with van der Waals surface area (Å²) in [4.78, 5) is -1.51. The second-order valence-electron chi connectivity index (χ2n) is 7.95. The molecule has 194 valence electrons. The minimum absolute atomic E-state index is 0.331. The van der Waals surface area contributed by atoms with E-state index in [2.05, 4.69) is 4.72 Å². The van der Waals surface area contributed by atoms with Crippen LogP contribution in [0.25, 0.3) is 0 Å². The molecule has 1 aliphatic rings. The third-order valence-corrected chi connectivity index (χ3v) is 9.81. The van der Waals surface area contributed by atoms with Crippen LogP contribution in [-0.4, -0.2) is 27.9 Å². The first-order valence-corrected chi connectivity index (χ1v) is 13.2. The summed E-state index contributed by atoms with van der Waals surface area (Å²) in [6.07, 6.45) is -11.7. The van der Waals surface area contributed by atoms with Crippen molar-refractivity contribution < 1.29 is 47.6 Å². The molecule has 0 bridgehead atoms. The van der Waals surface area contributed by atoms with Gasteiger partial charge in [-0.3, -0.25) is 0 Å². The van der Waals surface area contributed by atoms with Crippen molar-refractivity contribution in [3.8, 4) is 0 Å². The van der Waals surface area contributed by atoms with E-state index in [0.717, 1.165) is 12.1 Å². The quantitative estimate of drug-likeness (QED) is 0.468. The highest BCUT2D eigenvalue weighted by Gasteiger charge is 2.48. The van der Waals surface area contributed by atoms with E-state index >= 15 is 4.39 Å². The SMILES string of the molecule is O=S(=O)(N[C@H]1CC[C@](F)(S(=O)(=O)c2cccc(C(F)(F)F)c2)CC1)c1ccc(C(F)(F)F)cc1Cl. The van der Waals surface area contributed by atoms with Crippen molar-refractivity contribution in [3.63, 3.8) is 0 Å². The predicted octanol–water partition coefficient (Wildman–Crippen LogP) is 5.74. The number of benzene rings is 2. The average Bonchev–Trinajstić information content (AvgIpc) is 2.74. The lowest BCUT2D eigenvalue weighted by atomic mass is 9.94. The Bertz CT molecular complexity index is 1320. The Morgan fingerprint density at radius 2 is 1.40 bits per heavy atom. The third kappa shape index (κ3) is 5.75. The number of hydrogen-bond donors (Lipinski definition) is 1. The lowest BCUT2D eigenvalue weighted by Crippen LogP contribution is -2.45. The molecule has 1 fully saturated rings. The zero-order chi connectivity index (χ0) is 26.4. The summed E-state index contributed by atoms with van der Waals surface area (Å²) >= 11 is 5.72. The standard InChI is InChI=1S/C20H17ClF7NO4S2/c21-16-11-13(20(26,27)28)4-5-17(16)35(32,33)29-14-6-8-18(22,9-7-14)34(30,31)15-3-1-2-12(10-15)19(23,24)25/h1-5,10-11,14,29H,6-9H2/t14-,18-. The second-order valence-corrected chi connectivity index (χ2v) is 12.3. The lowest BCUT2D eigenvalue weighted by Gasteiger charge is -2.33. The number of sulfone groups is 1. The first kappa shape index (κ1) is 27.7. The van der Waals surface area contributed by atoms with Crippen LogP contribution >= 0.6 is 11.6 Å². The molecule has 2 aromatic carbocycles. The predicted molar refractivity (Wildman–Crippen MR) is 112 cm³/mol. The van der Waals surface area contributed by atoms with Gasteiger partial charge in [0.25, 0.3) is 0 Å². The molecule has 5 nitrogen and oxygen atoms in total. The molecule has 1 saturated carbocycles. The van der Waals surface area contributed by atoms with E-state index in [1.54, 1.807) is 0 Å². The number of alkyl halides is 7. The van der Waals surface area contributed by atoms with Gasteiger partial charge in [0.2, 0.25) is 24.9 Å². The van der Waals surface area contributed by atoms with Crippen LogP contribution < -0.4 is 4.72 Å².